The molecular weight excluding hydrogens is 362 g/mol. The van der Waals surface area contributed by atoms with E-state index in [1.165, 1.54) is 17.7 Å². The Labute approximate surface area is 163 Å². The van der Waals surface area contributed by atoms with E-state index in [-0.39, 0.29) is 17.8 Å². The van der Waals surface area contributed by atoms with Crippen LogP contribution in [0.1, 0.15) is 25.7 Å². The van der Waals surface area contributed by atoms with Gasteiger partial charge in [-0.15, -0.1) is 0 Å². The third-order valence-electron chi connectivity index (χ3n) is 4.90. The Morgan fingerprint density at radius 3 is 2.39 bits per heavy atom. The molecule has 0 unspecified atom stereocenters. The van der Waals surface area contributed by atoms with Gasteiger partial charge in [-0.1, -0.05) is 0 Å². The first-order valence-corrected chi connectivity index (χ1v) is 9.14. The van der Waals surface area contributed by atoms with Crippen LogP contribution in [0.5, 0.6) is 11.5 Å². The number of anilines is 1. The number of rotatable bonds is 5. The molecule has 4 N–H and O–H groups in total. The summed E-state index contributed by atoms with van der Waals surface area (Å²) >= 11 is 0. The van der Waals surface area contributed by atoms with Gasteiger partial charge in [-0.05, 0) is 43.9 Å². The number of benzene rings is 1. The summed E-state index contributed by atoms with van der Waals surface area (Å²) in [5.74, 6) is 1.11. The van der Waals surface area contributed by atoms with Crippen molar-refractivity contribution in [3.05, 3.63) is 40.8 Å². The zero-order valence-corrected chi connectivity index (χ0v) is 16.0. The predicted molar refractivity (Wildman–Crippen MR) is 105 cm³/mol. The number of nitrogens with zero attached hydrogens (tertiary/aromatic N) is 1. The van der Waals surface area contributed by atoms with Crippen molar-refractivity contribution < 1.29 is 19.0 Å². The highest BCUT2D eigenvalue weighted by atomic mass is 16.6. The standard InChI is InChI=1S/C20H25N3O5/c1-23-11-16(18(26-2)10-19(23)24)15-9-12(21)3-8-17(15)27-13-4-6-14(7-5-13)28-20(22)25/h3,8-11,13-14H,4-7,21H2,1-2H3,(H2,22,25). The monoisotopic (exact) mass is 387 g/mol. The Morgan fingerprint density at radius 1 is 1.07 bits per heavy atom. The minimum atomic E-state index is -0.744. The van der Waals surface area contributed by atoms with Crippen molar-refractivity contribution in [3.8, 4) is 22.6 Å². The number of primary amides is 1. The van der Waals surface area contributed by atoms with Crippen molar-refractivity contribution in [1.29, 1.82) is 0 Å². The second-order valence-electron chi connectivity index (χ2n) is 6.91. The van der Waals surface area contributed by atoms with Gasteiger partial charge in [0.05, 0.1) is 13.2 Å². The minimum Gasteiger partial charge on any atom is -0.496 e. The quantitative estimate of drug-likeness (QED) is 0.761. The fourth-order valence-corrected chi connectivity index (χ4v) is 3.46. The van der Waals surface area contributed by atoms with Crippen LogP contribution in [0.3, 0.4) is 0 Å². The number of ether oxygens (including phenoxy) is 3. The molecule has 150 valence electrons. The number of hydrogen-bond acceptors (Lipinski definition) is 6. The molecule has 1 fully saturated rings. The average molecular weight is 387 g/mol. The van der Waals surface area contributed by atoms with Gasteiger partial charge in [-0.25, -0.2) is 4.79 Å². The number of aryl methyl sites for hydroxylation is 1. The second kappa shape index (κ2) is 8.24. The number of carbonyl (C=O) groups is 1. The first-order valence-electron chi connectivity index (χ1n) is 9.14. The molecule has 0 saturated heterocycles. The van der Waals surface area contributed by atoms with E-state index in [0.29, 0.717) is 30.0 Å². The van der Waals surface area contributed by atoms with Crippen molar-refractivity contribution in [1.82, 2.24) is 4.57 Å². The van der Waals surface area contributed by atoms with E-state index < -0.39 is 6.09 Å². The van der Waals surface area contributed by atoms with E-state index >= 15 is 0 Å². The van der Waals surface area contributed by atoms with E-state index in [1.807, 2.05) is 6.07 Å². The fourth-order valence-electron chi connectivity index (χ4n) is 3.46. The van der Waals surface area contributed by atoms with Gasteiger partial charge in [-0.2, -0.15) is 0 Å². The van der Waals surface area contributed by atoms with Crippen molar-refractivity contribution in [2.45, 2.75) is 37.9 Å². The van der Waals surface area contributed by atoms with Crippen LogP contribution < -0.4 is 26.5 Å². The summed E-state index contributed by atoms with van der Waals surface area (Å²) < 4.78 is 18.2. The van der Waals surface area contributed by atoms with E-state index in [0.717, 1.165) is 24.0 Å². The lowest BCUT2D eigenvalue weighted by Gasteiger charge is -2.29. The van der Waals surface area contributed by atoms with Gasteiger partial charge in [-0.3, -0.25) is 4.79 Å². The third-order valence-corrected chi connectivity index (χ3v) is 4.90. The number of aromatic nitrogens is 1. The van der Waals surface area contributed by atoms with Gasteiger partial charge in [0, 0.05) is 36.1 Å². The highest BCUT2D eigenvalue weighted by Gasteiger charge is 2.25. The van der Waals surface area contributed by atoms with Crippen LogP contribution in [0.4, 0.5) is 10.5 Å². The van der Waals surface area contributed by atoms with Gasteiger partial charge >= 0.3 is 6.09 Å². The van der Waals surface area contributed by atoms with Crippen molar-refractivity contribution >= 4 is 11.8 Å². The fraction of sp³-hybridized carbons (Fsp3) is 0.400. The molecule has 0 radical (unpaired) electrons. The Kier molecular flexibility index (Phi) is 5.77. The number of nitrogen functional groups attached to an aromatic ring is 1. The number of methoxy groups -OCH3 is 1. The molecule has 0 bridgehead atoms. The molecule has 1 amide bonds. The lowest BCUT2D eigenvalue weighted by Crippen LogP contribution is -2.31. The normalized spacial score (nSPS) is 19.1. The predicted octanol–water partition coefficient (Wildman–Crippen LogP) is 2.43. The van der Waals surface area contributed by atoms with E-state index in [4.69, 9.17) is 25.7 Å². The van der Waals surface area contributed by atoms with E-state index in [2.05, 4.69) is 0 Å². The van der Waals surface area contributed by atoms with Gasteiger partial charge in [0.1, 0.15) is 17.6 Å². The number of pyridine rings is 1. The topological polar surface area (TPSA) is 119 Å². The maximum absolute atomic E-state index is 11.9. The Hall–Kier alpha value is -3.16. The molecule has 0 atom stereocenters. The summed E-state index contributed by atoms with van der Waals surface area (Å²) in [6, 6.07) is 6.84. The maximum Gasteiger partial charge on any atom is 0.404 e. The largest absolute Gasteiger partial charge is 0.496 e. The van der Waals surface area contributed by atoms with Crippen LogP contribution >= 0.6 is 0 Å². The van der Waals surface area contributed by atoms with Crippen LogP contribution in [-0.2, 0) is 11.8 Å². The zero-order valence-electron chi connectivity index (χ0n) is 16.0. The number of carbonyl (C=O) groups excluding carboxylic acids is 1. The molecule has 0 aliphatic heterocycles. The van der Waals surface area contributed by atoms with E-state index in [9.17, 15) is 9.59 Å². The van der Waals surface area contributed by atoms with Crippen LogP contribution in [0.25, 0.3) is 11.1 Å². The summed E-state index contributed by atoms with van der Waals surface area (Å²) in [6.45, 7) is 0. The van der Waals surface area contributed by atoms with Crippen LogP contribution in [-0.4, -0.2) is 30.0 Å². The van der Waals surface area contributed by atoms with Gasteiger partial charge in [0.2, 0.25) is 0 Å². The molecule has 3 rings (SSSR count). The molecule has 8 heteroatoms. The Balaban J connectivity index is 1.86. The molecule has 1 heterocycles. The van der Waals surface area contributed by atoms with Crippen LogP contribution in [0.2, 0.25) is 0 Å². The Bertz CT molecular complexity index is 917. The van der Waals surface area contributed by atoms with Gasteiger partial charge < -0.3 is 30.2 Å². The van der Waals surface area contributed by atoms with Crippen molar-refractivity contribution in [2.75, 3.05) is 12.8 Å². The molecular formula is C20H25N3O5. The van der Waals surface area contributed by atoms with Gasteiger partial charge in [0.15, 0.2) is 0 Å². The lowest BCUT2D eigenvalue weighted by molar-refractivity contribution is 0.0471. The smallest absolute Gasteiger partial charge is 0.404 e. The van der Waals surface area contributed by atoms with Crippen molar-refractivity contribution in [3.63, 3.8) is 0 Å². The third kappa shape index (κ3) is 4.39. The highest BCUT2D eigenvalue weighted by molar-refractivity contribution is 5.77. The highest BCUT2D eigenvalue weighted by Crippen LogP contribution is 2.38. The molecule has 8 nitrogen and oxygen atoms in total. The molecule has 0 spiro atoms. The molecule has 28 heavy (non-hydrogen) atoms. The van der Waals surface area contributed by atoms with Gasteiger partial charge in [0.25, 0.3) is 5.56 Å². The van der Waals surface area contributed by atoms with E-state index in [1.54, 1.807) is 25.4 Å². The molecule has 1 aromatic carbocycles. The second-order valence-corrected chi connectivity index (χ2v) is 6.91. The SMILES string of the molecule is COc1cc(=O)n(C)cc1-c1cc(N)ccc1OC1CCC(OC(N)=O)CC1. The average Bonchev–Trinajstić information content (AvgIpc) is 2.66. The molecule has 1 aromatic heterocycles. The molecule has 1 aliphatic rings. The minimum absolute atomic E-state index is 0.0198. The number of hydrogen-bond donors (Lipinski definition) is 2. The summed E-state index contributed by atoms with van der Waals surface area (Å²) in [5, 5.41) is 0. The number of amides is 1. The number of nitrogens with two attached hydrogens (primary N) is 2. The van der Waals surface area contributed by atoms with Crippen LogP contribution in [0, 0.1) is 0 Å². The summed E-state index contributed by atoms with van der Waals surface area (Å²) in [5.41, 5.74) is 13.0. The summed E-state index contributed by atoms with van der Waals surface area (Å²) in [4.78, 5) is 22.8. The zero-order chi connectivity index (χ0) is 20.3. The first-order chi connectivity index (χ1) is 13.4. The summed E-state index contributed by atoms with van der Waals surface area (Å²) in [6.07, 6.45) is 3.66. The lowest BCUT2D eigenvalue weighted by atomic mass is 9.94. The molecule has 1 saturated carbocycles. The first kappa shape index (κ1) is 19.6. The van der Waals surface area contributed by atoms with Crippen molar-refractivity contribution in [2.24, 2.45) is 12.8 Å². The Morgan fingerprint density at radius 2 is 1.75 bits per heavy atom. The molecule has 1 aliphatic carbocycles. The maximum atomic E-state index is 11.9. The molecule has 2 aromatic rings. The van der Waals surface area contributed by atoms with Crippen LogP contribution in [0.15, 0.2) is 35.3 Å². The summed E-state index contributed by atoms with van der Waals surface area (Å²) in [7, 11) is 3.20.